The Morgan fingerprint density at radius 3 is 1.52 bits per heavy atom. The summed E-state index contributed by atoms with van der Waals surface area (Å²) in [5, 5.41) is 8.39. The molecule has 0 saturated heterocycles. The zero-order valence-corrected chi connectivity index (χ0v) is 16.5. The molecule has 0 rings (SSSR count). The second-order valence-electron chi connectivity index (χ2n) is 6.43. The maximum atomic E-state index is 13.7. The zero-order chi connectivity index (χ0) is 27.1. The summed E-state index contributed by atoms with van der Waals surface area (Å²) in [6.45, 7) is 1.04. The molecule has 17 heteroatoms. The third kappa shape index (κ3) is 8.72. The molecule has 0 aliphatic heterocycles. The number of aliphatic hydroxyl groups excluding tert-OH is 1. The minimum absolute atomic E-state index is 0.181. The predicted molar refractivity (Wildman–Crippen MR) is 83.3 cm³/mol. The summed E-state index contributed by atoms with van der Waals surface area (Å²) < 4.78 is 189. The summed E-state index contributed by atoms with van der Waals surface area (Å²) in [5.41, 5.74) is -13.0. The molecule has 0 aliphatic carbocycles. The molecule has 0 aromatic heterocycles. The average Bonchev–Trinajstić information content (AvgIpc) is 2.61. The molecular formula is C16H19F15O2. The van der Waals surface area contributed by atoms with Crippen molar-refractivity contribution >= 4 is 0 Å². The first-order valence-electron chi connectivity index (χ1n) is 8.60. The van der Waals surface area contributed by atoms with Gasteiger partial charge in [0.05, 0.1) is 13.2 Å². The van der Waals surface area contributed by atoms with E-state index in [0.29, 0.717) is 18.9 Å². The van der Waals surface area contributed by atoms with Crippen LogP contribution in [0.5, 0.6) is 0 Å². The minimum atomic E-state index is -7.20. The van der Waals surface area contributed by atoms with Gasteiger partial charge in [-0.25, -0.2) is 13.2 Å². The van der Waals surface area contributed by atoms with Crippen LogP contribution in [0.4, 0.5) is 65.9 Å². The van der Waals surface area contributed by atoms with E-state index in [2.05, 4.69) is 11.3 Å². The van der Waals surface area contributed by atoms with Gasteiger partial charge in [0.2, 0.25) is 0 Å². The van der Waals surface area contributed by atoms with Crippen LogP contribution in [0.3, 0.4) is 0 Å². The standard InChI is InChI=1S/C10H8F12O.C6H11F3O/c1-2-3-23-4-6(12,8(14,15)16)5(11)7(13,9(17,18)19)10(20,21)22;1-2-3-4-5(10)6(7,8)9/h2,5H,1,3-4H2;5,10H,2-4H2,1H3. The molecule has 3 unspecified atom stereocenters. The number of aliphatic hydroxyl groups is 1. The van der Waals surface area contributed by atoms with Gasteiger partial charge in [-0.3, -0.25) is 0 Å². The Morgan fingerprint density at radius 1 is 0.818 bits per heavy atom. The molecule has 33 heavy (non-hydrogen) atoms. The van der Waals surface area contributed by atoms with Crippen LogP contribution in [-0.2, 0) is 4.74 Å². The van der Waals surface area contributed by atoms with Crippen molar-refractivity contribution in [2.24, 2.45) is 0 Å². The second-order valence-corrected chi connectivity index (χ2v) is 6.43. The molecule has 0 spiro atoms. The van der Waals surface area contributed by atoms with Gasteiger partial charge in [0, 0.05) is 0 Å². The molecule has 1 N–H and O–H groups in total. The molecule has 0 aromatic carbocycles. The van der Waals surface area contributed by atoms with Crippen molar-refractivity contribution < 1.29 is 75.7 Å². The monoisotopic (exact) mass is 528 g/mol. The number of alkyl halides is 15. The van der Waals surface area contributed by atoms with Gasteiger partial charge in [0.25, 0.3) is 5.67 Å². The molecule has 0 aliphatic rings. The first-order valence-corrected chi connectivity index (χ1v) is 8.60. The molecule has 0 bridgehead atoms. The Bertz CT molecular complexity index is 564. The van der Waals surface area contributed by atoms with E-state index in [1.807, 2.05) is 0 Å². The van der Waals surface area contributed by atoms with Gasteiger partial charge >= 0.3 is 30.4 Å². The molecule has 0 aromatic rings. The van der Waals surface area contributed by atoms with Crippen LogP contribution in [-0.4, -0.2) is 66.6 Å². The SMILES string of the molecule is C=CCOCC(F)(C(F)C(F)(C(F)(F)F)C(F)(F)F)C(F)(F)F.CCCCC(O)C(F)(F)F. The highest BCUT2D eigenvalue weighted by molar-refractivity contribution is 5.11. The molecule has 200 valence electrons. The van der Waals surface area contributed by atoms with E-state index in [4.69, 9.17) is 5.11 Å². The lowest BCUT2D eigenvalue weighted by atomic mass is 9.85. The summed E-state index contributed by atoms with van der Waals surface area (Å²) in [6.07, 6.45) is -31.7. The summed E-state index contributed by atoms with van der Waals surface area (Å²) in [7, 11) is 0. The third-order valence-electron chi connectivity index (χ3n) is 3.80. The van der Waals surface area contributed by atoms with Crippen LogP contribution in [0.25, 0.3) is 0 Å². The lowest BCUT2D eigenvalue weighted by molar-refractivity contribution is -0.384. The van der Waals surface area contributed by atoms with E-state index < -0.39 is 61.5 Å². The van der Waals surface area contributed by atoms with Gasteiger partial charge in [-0.05, 0) is 6.42 Å². The largest absolute Gasteiger partial charge is 0.434 e. The van der Waals surface area contributed by atoms with E-state index in [9.17, 15) is 65.9 Å². The Kier molecular flexibility index (Phi) is 12.1. The van der Waals surface area contributed by atoms with E-state index in [1.54, 1.807) is 6.92 Å². The van der Waals surface area contributed by atoms with Gasteiger partial charge in [-0.2, -0.15) is 52.7 Å². The second kappa shape index (κ2) is 11.8. The van der Waals surface area contributed by atoms with E-state index in [-0.39, 0.29) is 6.42 Å². The minimum Gasteiger partial charge on any atom is -0.384 e. The number of ether oxygens (including phenoxy) is 1. The summed E-state index contributed by atoms with van der Waals surface area (Å²) in [4.78, 5) is 0. The maximum Gasteiger partial charge on any atom is 0.434 e. The average molecular weight is 528 g/mol. The lowest BCUT2D eigenvalue weighted by Crippen LogP contribution is -2.69. The Labute approximate surface area is 177 Å². The van der Waals surface area contributed by atoms with Crippen molar-refractivity contribution in [2.75, 3.05) is 13.2 Å². The first-order chi connectivity index (χ1) is 14.4. The number of rotatable bonds is 9. The van der Waals surface area contributed by atoms with Crippen LogP contribution in [0, 0.1) is 0 Å². The summed E-state index contributed by atoms with van der Waals surface area (Å²) in [5.74, 6) is 0. The quantitative estimate of drug-likeness (QED) is 0.204. The van der Waals surface area contributed by atoms with Crippen molar-refractivity contribution in [1.29, 1.82) is 0 Å². The zero-order valence-electron chi connectivity index (χ0n) is 16.5. The normalized spacial score (nSPS) is 17.5. The van der Waals surface area contributed by atoms with E-state index >= 15 is 0 Å². The third-order valence-corrected chi connectivity index (χ3v) is 3.80. The first kappa shape index (κ1) is 33.8. The molecule has 0 saturated carbocycles. The number of unbranched alkanes of at least 4 members (excludes halogenated alkanes) is 1. The fraction of sp³-hybridized carbons (Fsp3) is 0.875. The molecule has 0 fully saturated rings. The topological polar surface area (TPSA) is 29.5 Å². The lowest BCUT2D eigenvalue weighted by Gasteiger charge is -2.39. The predicted octanol–water partition coefficient (Wildman–Crippen LogP) is 6.73. The molecule has 3 atom stereocenters. The highest BCUT2D eigenvalue weighted by Crippen LogP contribution is 2.55. The van der Waals surface area contributed by atoms with Gasteiger partial charge in [-0.1, -0.05) is 25.8 Å². The van der Waals surface area contributed by atoms with E-state index in [1.165, 1.54) is 0 Å². The van der Waals surface area contributed by atoms with Crippen molar-refractivity contribution in [2.45, 2.75) is 74.5 Å². The van der Waals surface area contributed by atoms with E-state index in [0.717, 1.165) is 0 Å². The number of halogens is 15. The van der Waals surface area contributed by atoms with Crippen LogP contribution in [0.2, 0.25) is 0 Å². The molecule has 0 heterocycles. The molecular weight excluding hydrogens is 509 g/mol. The van der Waals surface area contributed by atoms with Crippen molar-refractivity contribution in [3.63, 3.8) is 0 Å². The highest BCUT2D eigenvalue weighted by atomic mass is 19.4. The fourth-order valence-corrected chi connectivity index (χ4v) is 1.91. The van der Waals surface area contributed by atoms with Crippen molar-refractivity contribution in [3.8, 4) is 0 Å². The Balaban J connectivity index is 0. The Hall–Kier alpha value is -1.39. The van der Waals surface area contributed by atoms with Gasteiger partial charge in [-0.15, -0.1) is 6.58 Å². The molecule has 2 nitrogen and oxygen atoms in total. The fourth-order valence-electron chi connectivity index (χ4n) is 1.91. The van der Waals surface area contributed by atoms with Crippen molar-refractivity contribution in [3.05, 3.63) is 12.7 Å². The molecule has 0 amide bonds. The van der Waals surface area contributed by atoms with Crippen LogP contribution in [0.1, 0.15) is 26.2 Å². The summed E-state index contributed by atoms with van der Waals surface area (Å²) >= 11 is 0. The number of hydrogen-bond acceptors (Lipinski definition) is 2. The van der Waals surface area contributed by atoms with Gasteiger partial charge in [0.15, 0.2) is 6.17 Å². The maximum absolute atomic E-state index is 13.7. The van der Waals surface area contributed by atoms with Crippen LogP contribution >= 0.6 is 0 Å². The Morgan fingerprint density at radius 2 is 1.24 bits per heavy atom. The summed E-state index contributed by atoms with van der Waals surface area (Å²) in [6, 6.07) is 0. The van der Waals surface area contributed by atoms with Crippen LogP contribution in [0.15, 0.2) is 12.7 Å². The smallest absolute Gasteiger partial charge is 0.384 e. The van der Waals surface area contributed by atoms with Gasteiger partial charge < -0.3 is 9.84 Å². The van der Waals surface area contributed by atoms with Crippen LogP contribution < -0.4 is 0 Å². The number of hydrogen-bond donors (Lipinski definition) is 1. The highest BCUT2D eigenvalue weighted by Gasteiger charge is 2.83. The van der Waals surface area contributed by atoms with Crippen molar-refractivity contribution in [1.82, 2.24) is 0 Å². The van der Waals surface area contributed by atoms with Gasteiger partial charge in [0.1, 0.15) is 6.10 Å². The molecule has 0 radical (unpaired) electrons.